The molecule has 1 aliphatic carbocycles. The molecule has 0 unspecified atom stereocenters. The van der Waals surface area contributed by atoms with Crippen molar-refractivity contribution in [2.45, 2.75) is 51.0 Å². The van der Waals surface area contributed by atoms with Gasteiger partial charge in [-0.2, -0.15) is 5.10 Å². The molecule has 1 aromatic heterocycles. The highest BCUT2D eigenvalue weighted by molar-refractivity contribution is 7.78. The minimum atomic E-state index is -0.915. The van der Waals surface area contributed by atoms with Crippen LogP contribution in [0.4, 0.5) is 0 Å². The van der Waals surface area contributed by atoms with Gasteiger partial charge in [0.2, 0.25) is 0 Å². The molecule has 154 valence electrons. The highest BCUT2D eigenvalue weighted by atomic mass is 32.1. The van der Waals surface area contributed by atoms with Crippen molar-refractivity contribution in [1.29, 1.82) is 0 Å². The average Bonchev–Trinajstić information content (AvgIpc) is 3.17. The summed E-state index contributed by atoms with van der Waals surface area (Å²) in [6.45, 7) is 0. The third-order valence-electron chi connectivity index (χ3n) is 5.72. The largest absolute Gasteiger partial charge is 0.478 e. The number of nitrogens with zero attached hydrogens (tertiary/aromatic N) is 3. The van der Waals surface area contributed by atoms with Gasteiger partial charge in [0, 0.05) is 12.8 Å². The molecule has 0 aliphatic heterocycles. The van der Waals surface area contributed by atoms with Gasteiger partial charge in [-0.15, -0.1) is 0 Å². The van der Waals surface area contributed by atoms with Crippen LogP contribution in [0, 0.1) is 0 Å². The lowest BCUT2D eigenvalue weighted by atomic mass is 9.95. The maximum atomic E-state index is 11.5. The van der Waals surface area contributed by atoms with Crippen LogP contribution in [0.3, 0.4) is 0 Å². The predicted octanol–water partition coefficient (Wildman–Crippen LogP) is 5.28. The topological polar surface area (TPSA) is 68.0 Å². The van der Waals surface area contributed by atoms with E-state index in [1.54, 1.807) is 17.5 Å². The van der Waals surface area contributed by atoms with Crippen LogP contribution in [0.1, 0.15) is 65.7 Å². The van der Waals surface area contributed by atoms with Gasteiger partial charge in [-0.1, -0.05) is 73.9 Å². The van der Waals surface area contributed by atoms with Crippen LogP contribution in [0.5, 0.6) is 0 Å². The molecular weight excluding hydrogens is 394 g/mol. The Labute approximate surface area is 181 Å². The van der Waals surface area contributed by atoms with E-state index in [0.717, 1.165) is 41.2 Å². The van der Waals surface area contributed by atoms with E-state index >= 15 is 0 Å². The van der Waals surface area contributed by atoms with Crippen LogP contribution in [-0.2, 0) is 12.8 Å². The van der Waals surface area contributed by atoms with Gasteiger partial charge in [0.25, 0.3) is 0 Å². The predicted molar refractivity (Wildman–Crippen MR) is 121 cm³/mol. The number of aromatic nitrogens is 3. The van der Waals surface area contributed by atoms with E-state index < -0.39 is 5.97 Å². The summed E-state index contributed by atoms with van der Waals surface area (Å²) in [6.07, 6.45) is 7.38. The first kappa shape index (κ1) is 20.4. The smallest absolute Gasteiger partial charge is 0.336 e. The van der Waals surface area contributed by atoms with E-state index in [1.165, 1.54) is 19.3 Å². The molecule has 0 spiro atoms. The molecule has 1 saturated carbocycles. The molecule has 1 fully saturated rings. The maximum absolute atomic E-state index is 11.5. The number of hydrogen-bond donors (Lipinski definition) is 1. The van der Waals surface area contributed by atoms with Gasteiger partial charge in [-0.25, -0.2) is 14.5 Å². The monoisotopic (exact) mass is 419 g/mol. The summed E-state index contributed by atoms with van der Waals surface area (Å²) in [4.78, 5) is 16.3. The first-order valence-corrected chi connectivity index (χ1v) is 10.9. The first-order valence-electron chi connectivity index (χ1n) is 10.5. The van der Waals surface area contributed by atoms with Gasteiger partial charge >= 0.3 is 5.97 Å². The van der Waals surface area contributed by atoms with Crippen LogP contribution < -0.4 is 0 Å². The van der Waals surface area contributed by atoms with E-state index in [4.69, 9.17) is 22.3 Å². The van der Waals surface area contributed by atoms with Crippen molar-refractivity contribution in [1.82, 2.24) is 14.8 Å². The van der Waals surface area contributed by atoms with Crippen LogP contribution >= 0.6 is 12.2 Å². The van der Waals surface area contributed by atoms with E-state index in [1.807, 2.05) is 36.4 Å². The Morgan fingerprint density at radius 2 is 1.83 bits per heavy atom. The third-order valence-corrected chi connectivity index (χ3v) is 5.88. The van der Waals surface area contributed by atoms with Crippen LogP contribution in [0.15, 0.2) is 48.5 Å². The van der Waals surface area contributed by atoms with Gasteiger partial charge < -0.3 is 5.11 Å². The number of rotatable bonds is 7. The number of hydrogen-bond acceptors (Lipinski definition) is 4. The van der Waals surface area contributed by atoms with Gasteiger partial charge in [0.15, 0.2) is 5.82 Å². The SMILES string of the molecule is O=C(O)c1ccccc1-c1ccc(Cc2nc(CC=S)nn2C2CCCCC2)cc1. The van der Waals surface area contributed by atoms with Crippen molar-refractivity contribution in [2.75, 3.05) is 0 Å². The summed E-state index contributed by atoms with van der Waals surface area (Å²) >= 11 is 5.01. The van der Waals surface area contributed by atoms with E-state index in [0.29, 0.717) is 24.4 Å². The van der Waals surface area contributed by atoms with Crippen molar-refractivity contribution in [3.8, 4) is 11.1 Å². The lowest BCUT2D eigenvalue weighted by Crippen LogP contribution is -2.17. The molecule has 4 rings (SSSR count). The fourth-order valence-electron chi connectivity index (χ4n) is 4.21. The molecule has 1 heterocycles. The Kier molecular flexibility index (Phi) is 6.33. The molecule has 6 heteroatoms. The van der Waals surface area contributed by atoms with Crippen molar-refractivity contribution in [3.63, 3.8) is 0 Å². The maximum Gasteiger partial charge on any atom is 0.336 e. The van der Waals surface area contributed by atoms with Crippen molar-refractivity contribution >= 4 is 23.6 Å². The summed E-state index contributed by atoms with van der Waals surface area (Å²) in [6, 6.07) is 15.6. The van der Waals surface area contributed by atoms with Crippen molar-refractivity contribution < 1.29 is 9.90 Å². The first-order chi connectivity index (χ1) is 14.7. The molecule has 0 radical (unpaired) electrons. The second-order valence-electron chi connectivity index (χ2n) is 7.78. The standard InChI is InChI=1S/C24H25N3O2S/c28-24(29)21-9-5-4-8-20(21)18-12-10-17(11-13-18)16-23-25-22(14-15-30)26-27(23)19-6-2-1-3-7-19/h4-5,8-13,15,19H,1-3,6-7,14,16H2,(H,28,29). The minimum Gasteiger partial charge on any atom is -0.478 e. The summed E-state index contributed by atoms with van der Waals surface area (Å²) in [5.74, 6) is 0.853. The molecule has 30 heavy (non-hydrogen) atoms. The summed E-state index contributed by atoms with van der Waals surface area (Å²) in [7, 11) is 0. The summed E-state index contributed by atoms with van der Waals surface area (Å²) in [5, 5.41) is 15.9. The second kappa shape index (κ2) is 9.30. The molecule has 2 aromatic carbocycles. The molecular formula is C24H25N3O2S. The molecule has 1 N–H and O–H groups in total. The van der Waals surface area contributed by atoms with E-state index in [9.17, 15) is 9.90 Å². The Hall–Kier alpha value is -2.86. The molecule has 0 bridgehead atoms. The Morgan fingerprint density at radius 3 is 2.53 bits per heavy atom. The number of carboxylic acids is 1. The Morgan fingerprint density at radius 1 is 1.10 bits per heavy atom. The highest BCUT2D eigenvalue weighted by Gasteiger charge is 2.21. The molecule has 5 nitrogen and oxygen atoms in total. The Balaban J connectivity index is 1.59. The normalized spacial score (nSPS) is 14.5. The fourth-order valence-corrected chi connectivity index (χ4v) is 4.36. The Bertz CT molecular complexity index is 1040. The zero-order valence-electron chi connectivity index (χ0n) is 16.8. The molecule has 0 amide bonds. The minimum absolute atomic E-state index is 0.312. The second-order valence-corrected chi connectivity index (χ2v) is 8.11. The summed E-state index contributed by atoms with van der Waals surface area (Å²) < 4.78 is 2.13. The average molecular weight is 420 g/mol. The number of carboxylic acid groups (broad SMARTS) is 1. The lowest BCUT2D eigenvalue weighted by Gasteiger charge is -2.23. The van der Waals surface area contributed by atoms with Gasteiger partial charge in [0.05, 0.1) is 11.6 Å². The van der Waals surface area contributed by atoms with Gasteiger partial charge in [0.1, 0.15) is 5.82 Å². The molecule has 0 atom stereocenters. The fraction of sp³-hybridized carbons (Fsp3) is 0.333. The molecule has 0 saturated heterocycles. The summed E-state index contributed by atoms with van der Waals surface area (Å²) in [5.41, 5.74) is 3.06. The number of benzene rings is 2. The number of carbonyl (C=O) groups is 1. The molecule has 3 aromatic rings. The van der Waals surface area contributed by atoms with Crippen LogP contribution in [-0.4, -0.2) is 31.2 Å². The highest BCUT2D eigenvalue weighted by Crippen LogP contribution is 2.29. The van der Waals surface area contributed by atoms with Gasteiger partial charge in [-0.05, 0) is 41.0 Å². The van der Waals surface area contributed by atoms with E-state index in [2.05, 4.69) is 4.68 Å². The zero-order valence-corrected chi connectivity index (χ0v) is 17.6. The quantitative estimate of drug-likeness (QED) is 0.528. The van der Waals surface area contributed by atoms with Crippen molar-refractivity contribution in [2.24, 2.45) is 0 Å². The van der Waals surface area contributed by atoms with Crippen LogP contribution in [0.2, 0.25) is 0 Å². The lowest BCUT2D eigenvalue weighted by molar-refractivity contribution is 0.0697. The number of aromatic carboxylic acids is 1. The molecule has 1 aliphatic rings. The van der Waals surface area contributed by atoms with Crippen LogP contribution in [0.25, 0.3) is 11.1 Å². The van der Waals surface area contributed by atoms with Gasteiger partial charge in [-0.3, -0.25) is 0 Å². The van der Waals surface area contributed by atoms with E-state index in [-0.39, 0.29) is 0 Å². The van der Waals surface area contributed by atoms with Crippen molar-refractivity contribution in [3.05, 3.63) is 71.3 Å². The zero-order chi connectivity index (χ0) is 20.9. The third kappa shape index (κ3) is 4.49. The number of thiocarbonyl (C=S) groups is 1.